The summed E-state index contributed by atoms with van der Waals surface area (Å²) in [5.74, 6) is 0.620. The van der Waals surface area contributed by atoms with Crippen molar-refractivity contribution in [3.05, 3.63) is 60.2 Å². The van der Waals surface area contributed by atoms with E-state index in [9.17, 15) is 4.39 Å². The normalized spacial score (nSPS) is 10.8. The van der Waals surface area contributed by atoms with E-state index in [2.05, 4.69) is 15.3 Å². The molecule has 0 aliphatic heterocycles. The highest BCUT2D eigenvalue weighted by molar-refractivity contribution is 5.74. The van der Waals surface area contributed by atoms with Crippen LogP contribution in [0.25, 0.3) is 11.0 Å². The molecule has 0 radical (unpaired) electrons. The van der Waals surface area contributed by atoms with Crippen LogP contribution in [0.4, 0.5) is 10.1 Å². The molecule has 0 amide bonds. The molecule has 3 rings (SSSR count). The molecular formula is C15H14FN3. The molecule has 0 fully saturated rings. The van der Waals surface area contributed by atoms with Gasteiger partial charge >= 0.3 is 0 Å². The van der Waals surface area contributed by atoms with Gasteiger partial charge in [0.2, 0.25) is 0 Å². The zero-order valence-corrected chi connectivity index (χ0v) is 10.4. The van der Waals surface area contributed by atoms with Crippen molar-refractivity contribution in [2.24, 2.45) is 0 Å². The second-order valence-corrected chi connectivity index (χ2v) is 4.39. The summed E-state index contributed by atoms with van der Waals surface area (Å²) in [4.78, 5) is 7.55. The van der Waals surface area contributed by atoms with Crippen molar-refractivity contribution < 1.29 is 4.39 Å². The summed E-state index contributed by atoms with van der Waals surface area (Å²) in [6.45, 7) is 0.784. The van der Waals surface area contributed by atoms with Gasteiger partial charge in [0, 0.05) is 18.7 Å². The summed E-state index contributed by atoms with van der Waals surface area (Å²) < 4.78 is 13.1. The Morgan fingerprint density at radius 1 is 1.11 bits per heavy atom. The van der Waals surface area contributed by atoms with Crippen molar-refractivity contribution in [1.82, 2.24) is 9.97 Å². The molecule has 96 valence electrons. The fraction of sp³-hybridized carbons (Fsp3) is 0.133. The number of fused-ring (bicyclic) bond motifs is 1. The topological polar surface area (TPSA) is 40.7 Å². The molecule has 19 heavy (non-hydrogen) atoms. The summed E-state index contributed by atoms with van der Waals surface area (Å²) in [5, 5.41) is 3.31. The average Bonchev–Trinajstić information content (AvgIpc) is 2.82. The Bertz CT molecular complexity index is 676. The van der Waals surface area contributed by atoms with Gasteiger partial charge in [0.25, 0.3) is 0 Å². The van der Waals surface area contributed by atoms with Crippen LogP contribution in [-0.4, -0.2) is 16.5 Å². The quantitative estimate of drug-likeness (QED) is 0.750. The molecule has 0 saturated carbocycles. The van der Waals surface area contributed by atoms with Gasteiger partial charge in [-0.1, -0.05) is 18.2 Å². The Labute approximate surface area is 110 Å². The molecule has 1 aromatic heterocycles. The van der Waals surface area contributed by atoms with E-state index < -0.39 is 0 Å². The van der Waals surface area contributed by atoms with Crippen molar-refractivity contribution in [1.29, 1.82) is 0 Å². The molecule has 2 N–H and O–H groups in total. The Balaban J connectivity index is 1.65. The molecule has 0 saturated heterocycles. The van der Waals surface area contributed by atoms with Crippen molar-refractivity contribution in [2.45, 2.75) is 6.42 Å². The maximum atomic E-state index is 13.1. The first-order chi connectivity index (χ1) is 9.31. The molecule has 1 heterocycles. The van der Waals surface area contributed by atoms with Crippen molar-refractivity contribution >= 4 is 16.7 Å². The number of anilines is 1. The number of nitrogens with zero attached hydrogens (tertiary/aromatic N) is 1. The van der Waals surface area contributed by atoms with Crippen molar-refractivity contribution in [3.8, 4) is 0 Å². The van der Waals surface area contributed by atoms with E-state index in [1.807, 2.05) is 30.3 Å². The Morgan fingerprint density at radius 3 is 2.79 bits per heavy atom. The van der Waals surface area contributed by atoms with E-state index in [1.165, 1.54) is 12.1 Å². The van der Waals surface area contributed by atoms with Gasteiger partial charge in [0.05, 0.1) is 11.0 Å². The maximum Gasteiger partial charge on any atom is 0.125 e. The van der Waals surface area contributed by atoms with Gasteiger partial charge in [-0.2, -0.15) is 0 Å². The van der Waals surface area contributed by atoms with E-state index in [1.54, 1.807) is 6.07 Å². The van der Waals surface area contributed by atoms with Crippen LogP contribution in [0.5, 0.6) is 0 Å². The van der Waals surface area contributed by atoms with Gasteiger partial charge < -0.3 is 10.3 Å². The lowest BCUT2D eigenvalue weighted by Crippen LogP contribution is -2.05. The molecule has 3 nitrogen and oxygen atoms in total. The molecule has 3 aromatic rings. The molecule has 0 spiro atoms. The summed E-state index contributed by atoms with van der Waals surface area (Å²) in [6, 6.07) is 14.6. The second kappa shape index (κ2) is 5.10. The monoisotopic (exact) mass is 255 g/mol. The third kappa shape index (κ3) is 2.73. The first-order valence-electron chi connectivity index (χ1n) is 6.24. The first kappa shape index (κ1) is 11.7. The third-order valence-corrected chi connectivity index (χ3v) is 2.96. The number of hydrogen-bond donors (Lipinski definition) is 2. The standard InChI is InChI=1S/C15H14FN3/c16-11-6-7-13-14(10-11)19-15(18-13)8-9-17-12-4-2-1-3-5-12/h1-7,10,17H,8-9H2,(H,18,19). The fourth-order valence-electron chi connectivity index (χ4n) is 2.03. The number of aromatic amines is 1. The number of nitrogens with one attached hydrogen (secondary N) is 2. The van der Waals surface area contributed by atoms with E-state index in [0.29, 0.717) is 0 Å². The van der Waals surface area contributed by atoms with E-state index >= 15 is 0 Å². The average molecular weight is 255 g/mol. The highest BCUT2D eigenvalue weighted by Crippen LogP contribution is 2.13. The lowest BCUT2D eigenvalue weighted by Gasteiger charge is -2.03. The highest BCUT2D eigenvalue weighted by Gasteiger charge is 2.03. The zero-order chi connectivity index (χ0) is 13.1. The predicted octanol–water partition coefficient (Wildman–Crippen LogP) is 3.36. The number of aromatic nitrogens is 2. The van der Waals surface area contributed by atoms with Crippen LogP contribution in [0.1, 0.15) is 5.82 Å². The molecule has 0 aliphatic carbocycles. The summed E-state index contributed by atoms with van der Waals surface area (Å²) in [7, 11) is 0. The molecular weight excluding hydrogens is 241 g/mol. The van der Waals surface area contributed by atoms with Crippen LogP contribution in [0.15, 0.2) is 48.5 Å². The molecule has 0 atom stereocenters. The number of H-pyrrole nitrogens is 1. The number of imidazole rings is 1. The fourth-order valence-corrected chi connectivity index (χ4v) is 2.03. The van der Waals surface area contributed by atoms with Gasteiger partial charge in [-0.3, -0.25) is 0 Å². The Morgan fingerprint density at radius 2 is 1.95 bits per heavy atom. The van der Waals surface area contributed by atoms with Crippen LogP contribution in [0, 0.1) is 5.82 Å². The number of hydrogen-bond acceptors (Lipinski definition) is 2. The lowest BCUT2D eigenvalue weighted by molar-refractivity contribution is 0.629. The van der Waals surface area contributed by atoms with Crippen LogP contribution in [0.3, 0.4) is 0 Å². The van der Waals surface area contributed by atoms with Crippen molar-refractivity contribution in [3.63, 3.8) is 0 Å². The molecule has 0 aliphatic rings. The predicted molar refractivity (Wildman–Crippen MR) is 74.7 cm³/mol. The summed E-state index contributed by atoms with van der Waals surface area (Å²) in [5.41, 5.74) is 2.63. The smallest absolute Gasteiger partial charge is 0.125 e. The summed E-state index contributed by atoms with van der Waals surface area (Å²) >= 11 is 0. The van der Waals surface area contributed by atoms with Gasteiger partial charge in [-0.15, -0.1) is 0 Å². The van der Waals surface area contributed by atoms with Gasteiger partial charge in [0.1, 0.15) is 11.6 Å². The van der Waals surface area contributed by atoms with Gasteiger partial charge in [0.15, 0.2) is 0 Å². The zero-order valence-electron chi connectivity index (χ0n) is 10.4. The maximum absolute atomic E-state index is 13.1. The number of halogens is 1. The van der Waals surface area contributed by atoms with Gasteiger partial charge in [-0.05, 0) is 30.3 Å². The summed E-state index contributed by atoms with van der Waals surface area (Å²) in [6.07, 6.45) is 0.769. The van der Waals surface area contributed by atoms with E-state index in [0.717, 1.165) is 35.5 Å². The van der Waals surface area contributed by atoms with Gasteiger partial charge in [-0.25, -0.2) is 9.37 Å². The Kier molecular flexibility index (Phi) is 3.14. The van der Waals surface area contributed by atoms with Crippen LogP contribution < -0.4 is 5.32 Å². The second-order valence-electron chi connectivity index (χ2n) is 4.39. The number of rotatable bonds is 4. The van der Waals surface area contributed by atoms with Crippen LogP contribution in [0.2, 0.25) is 0 Å². The van der Waals surface area contributed by atoms with Crippen LogP contribution in [-0.2, 0) is 6.42 Å². The minimum Gasteiger partial charge on any atom is -0.385 e. The largest absolute Gasteiger partial charge is 0.385 e. The SMILES string of the molecule is Fc1ccc2nc(CCNc3ccccc3)[nH]c2c1. The number of para-hydroxylation sites is 1. The highest BCUT2D eigenvalue weighted by atomic mass is 19.1. The minimum atomic E-state index is -0.245. The van der Waals surface area contributed by atoms with E-state index in [4.69, 9.17) is 0 Å². The van der Waals surface area contributed by atoms with Crippen molar-refractivity contribution in [2.75, 3.05) is 11.9 Å². The number of benzene rings is 2. The first-order valence-corrected chi connectivity index (χ1v) is 6.24. The van der Waals surface area contributed by atoms with Crippen LogP contribution >= 0.6 is 0 Å². The molecule has 4 heteroatoms. The Hall–Kier alpha value is -2.36. The molecule has 0 bridgehead atoms. The lowest BCUT2D eigenvalue weighted by atomic mass is 10.3. The minimum absolute atomic E-state index is 0.245. The molecule has 0 unspecified atom stereocenters. The third-order valence-electron chi connectivity index (χ3n) is 2.96. The van der Waals surface area contributed by atoms with E-state index in [-0.39, 0.29) is 5.82 Å². The molecule has 2 aromatic carbocycles.